The highest BCUT2D eigenvalue weighted by molar-refractivity contribution is 5.29. The molecule has 0 radical (unpaired) electrons. The smallest absolute Gasteiger partial charge is 0.243 e. The van der Waals surface area contributed by atoms with Crippen LogP contribution in [-0.2, 0) is 0 Å². The van der Waals surface area contributed by atoms with Gasteiger partial charge in [0.05, 0.1) is 0 Å². The molecule has 0 unspecified atom stereocenters. The van der Waals surface area contributed by atoms with E-state index >= 15 is 0 Å². The maximum Gasteiger partial charge on any atom is 0.243 e. The average Bonchev–Trinajstić information content (AvgIpc) is 2.48. The van der Waals surface area contributed by atoms with E-state index in [-0.39, 0.29) is 18.0 Å². The van der Waals surface area contributed by atoms with E-state index in [1.54, 1.807) is 0 Å². The largest absolute Gasteiger partial charge is 0.396 e. The second-order valence-electron chi connectivity index (χ2n) is 3.72. The predicted octanol–water partition coefficient (Wildman–Crippen LogP) is -0.183. The molecule has 0 amide bonds. The number of hydrogen-bond acceptors (Lipinski definition) is 5. The van der Waals surface area contributed by atoms with Crippen LogP contribution in [0.3, 0.4) is 0 Å². The van der Waals surface area contributed by atoms with Gasteiger partial charge >= 0.3 is 0 Å². The molecule has 74 valence electrons. The summed E-state index contributed by atoms with van der Waals surface area (Å²) in [5.41, 5.74) is 5.15. The molecule has 0 aromatic carbocycles. The van der Waals surface area contributed by atoms with Gasteiger partial charge in [-0.3, -0.25) is 0 Å². The minimum Gasteiger partial charge on any atom is -0.396 e. The Balaban J connectivity index is 2.43. The van der Waals surface area contributed by atoms with Gasteiger partial charge in [0.2, 0.25) is 11.9 Å². The van der Waals surface area contributed by atoms with E-state index in [9.17, 15) is 0 Å². The lowest BCUT2D eigenvalue weighted by Crippen LogP contribution is -2.27. The van der Waals surface area contributed by atoms with Gasteiger partial charge in [0, 0.05) is 18.6 Å². The molecule has 0 saturated heterocycles. The normalized spacial score (nSPS) is 11.6. The van der Waals surface area contributed by atoms with Crippen LogP contribution in [0.15, 0.2) is 0 Å². The number of aliphatic hydroxyl groups is 1. The van der Waals surface area contributed by atoms with Crippen LogP contribution in [0.25, 0.3) is 0 Å². The lowest BCUT2D eigenvalue weighted by atomic mass is 9.95. The average molecular weight is 185 g/mol. The summed E-state index contributed by atoms with van der Waals surface area (Å²) in [7, 11) is 0. The summed E-state index contributed by atoms with van der Waals surface area (Å²) in [5, 5.41) is 18.2. The van der Waals surface area contributed by atoms with Crippen LogP contribution in [0.2, 0.25) is 0 Å². The number of rotatable bonds is 4. The topological polar surface area (TPSA) is 99.8 Å². The molecule has 0 bridgehead atoms. The van der Waals surface area contributed by atoms with Crippen molar-refractivity contribution in [1.29, 1.82) is 0 Å². The van der Waals surface area contributed by atoms with Crippen molar-refractivity contribution in [3.63, 3.8) is 0 Å². The summed E-state index contributed by atoms with van der Waals surface area (Å²) in [5.74, 6) is 0.739. The van der Waals surface area contributed by atoms with Crippen molar-refractivity contribution in [3.05, 3.63) is 0 Å². The van der Waals surface area contributed by atoms with Crippen molar-refractivity contribution in [3.8, 4) is 0 Å². The Morgan fingerprint density at radius 3 is 2.77 bits per heavy atom. The van der Waals surface area contributed by atoms with Crippen molar-refractivity contribution in [1.82, 2.24) is 15.2 Å². The molecular formula is C7H15N5O. The van der Waals surface area contributed by atoms with Gasteiger partial charge in [-0.2, -0.15) is 4.98 Å². The third-order valence-electron chi connectivity index (χ3n) is 1.66. The van der Waals surface area contributed by atoms with Crippen LogP contribution >= 0.6 is 0 Å². The van der Waals surface area contributed by atoms with Gasteiger partial charge in [0.15, 0.2) is 0 Å². The molecule has 1 aromatic rings. The summed E-state index contributed by atoms with van der Waals surface area (Å²) in [6.45, 7) is 4.59. The van der Waals surface area contributed by atoms with Gasteiger partial charge in [-0.1, -0.05) is 13.8 Å². The third-order valence-corrected chi connectivity index (χ3v) is 1.66. The summed E-state index contributed by atoms with van der Waals surface area (Å²) in [6.07, 6.45) is 0. The second kappa shape index (κ2) is 3.61. The predicted molar refractivity (Wildman–Crippen MR) is 50.2 cm³/mol. The van der Waals surface area contributed by atoms with E-state index in [2.05, 4.69) is 20.5 Å². The van der Waals surface area contributed by atoms with E-state index in [1.165, 1.54) is 0 Å². The van der Waals surface area contributed by atoms with Crippen molar-refractivity contribution in [2.75, 3.05) is 24.2 Å². The molecule has 0 aliphatic heterocycles. The Morgan fingerprint density at radius 1 is 1.62 bits per heavy atom. The maximum absolute atomic E-state index is 8.96. The highest BCUT2D eigenvalue weighted by Crippen LogP contribution is 2.13. The molecule has 1 heterocycles. The Kier molecular flexibility index (Phi) is 2.72. The van der Waals surface area contributed by atoms with Crippen LogP contribution in [0.4, 0.5) is 11.9 Å². The van der Waals surface area contributed by atoms with Crippen molar-refractivity contribution in [2.24, 2.45) is 5.41 Å². The molecule has 13 heavy (non-hydrogen) atoms. The number of nitrogens with zero attached hydrogens (tertiary/aromatic N) is 2. The number of nitrogens with one attached hydrogen (secondary N) is 2. The summed E-state index contributed by atoms with van der Waals surface area (Å²) >= 11 is 0. The monoisotopic (exact) mass is 185 g/mol. The van der Waals surface area contributed by atoms with Crippen LogP contribution in [0.5, 0.6) is 0 Å². The Labute approximate surface area is 76.6 Å². The fourth-order valence-corrected chi connectivity index (χ4v) is 0.728. The molecule has 6 nitrogen and oxygen atoms in total. The summed E-state index contributed by atoms with van der Waals surface area (Å²) < 4.78 is 0. The van der Waals surface area contributed by atoms with E-state index in [4.69, 9.17) is 10.8 Å². The van der Waals surface area contributed by atoms with Gasteiger partial charge in [-0.15, -0.1) is 5.10 Å². The number of aromatic amines is 1. The molecule has 6 heteroatoms. The lowest BCUT2D eigenvalue weighted by molar-refractivity contribution is 0.170. The zero-order chi connectivity index (χ0) is 9.90. The number of nitrogens with two attached hydrogens (primary N) is 1. The molecule has 0 atom stereocenters. The zero-order valence-corrected chi connectivity index (χ0v) is 7.83. The number of aromatic nitrogens is 3. The van der Waals surface area contributed by atoms with Crippen LogP contribution in [-0.4, -0.2) is 33.4 Å². The van der Waals surface area contributed by atoms with E-state index in [0.29, 0.717) is 12.5 Å². The minimum atomic E-state index is -0.185. The van der Waals surface area contributed by atoms with Gasteiger partial charge in [0.25, 0.3) is 0 Å². The zero-order valence-electron chi connectivity index (χ0n) is 7.83. The molecule has 1 aromatic heterocycles. The van der Waals surface area contributed by atoms with Crippen molar-refractivity contribution in [2.45, 2.75) is 13.8 Å². The van der Waals surface area contributed by atoms with E-state index < -0.39 is 0 Å². The number of H-pyrrole nitrogens is 1. The molecule has 1 rings (SSSR count). The molecule has 0 aliphatic carbocycles. The van der Waals surface area contributed by atoms with Gasteiger partial charge < -0.3 is 16.2 Å². The first-order chi connectivity index (χ1) is 6.03. The highest BCUT2D eigenvalue weighted by atomic mass is 16.3. The molecule has 0 spiro atoms. The van der Waals surface area contributed by atoms with E-state index in [0.717, 1.165) is 0 Å². The fourth-order valence-electron chi connectivity index (χ4n) is 0.728. The van der Waals surface area contributed by atoms with Gasteiger partial charge in [-0.05, 0) is 0 Å². The molecule has 0 saturated carbocycles. The fraction of sp³-hybridized carbons (Fsp3) is 0.714. The van der Waals surface area contributed by atoms with Crippen LogP contribution < -0.4 is 11.1 Å². The Hall–Kier alpha value is -1.30. The van der Waals surface area contributed by atoms with Crippen molar-refractivity contribution >= 4 is 11.9 Å². The standard InChI is InChI=1S/C7H15N5O/c1-7(2,4-13)3-9-6-10-5(8)11-12-6/h13H,3-4H2,1-2H3,(H4,8,9,10,11,12). The number of anilines is 2. The SMILES string of the molecule is CC(C)(CO)CNc1n[nH]c(N)n1. The Bertz CT molecular complexity index is 270. The maximum atomic E-state index is 8.96. The molecule has 0 aliphatic rings. The van der Waals surface area contributed by atoms with E-state index in [1.807, 2.05) is 13.8 Å². The molecule has 5 N–H and O–H groups in total. The molecular weight excluding hydrogens is 170 g/mol. The van der Waals surface area contributed by atoms with Gasteiger partial charge in [0.1, 0.15) is 0 Å². The number of hydrogen-bond donors (Lipinski definition) is 4. The quantitative estimate of drug-likeness (QED) is 0.521. The van der Waals surface area contributed by atoms with Crippen LogP contribution in [0.1, 0.15) is 13.8 Å². The Morgan fingerprint density at radius 2 is 2.31 bits per heavy atom. The van der Waals surface area contributed by atoms with Crippen molar-refractivity contribution < 1.29 is 5.11 Å². The lowest BCUT2D eigenvalue weighted by Gasteiger charge is -2.20. The second-order valence-corrected chi connectivity index (χ2v) is 3.72. The summed E-state index contributed by atoms with van der Waals surface area (Å²) in [4.78, 5) is 3.87. The third kappa shape index (κ3) is 2.90. The first-order valence-corrected chi connectivity index (χ1v) is 4.06. The highest BCUT2D eigenvalue weighted by Gasteiger charge is 2.16. The number of aliphatic hydroxyl groups excluding tert-OH is 1. The van der Waals surface area contributed by atoms with Gasteiger partial charge in [-0.25, -0.2) is 5.10 Å². The first kappa shape index (κ1) is 9.79. The molecule has 0 fully saturated rings. The first-order valence-electron chi connectivity index (χ1n) is 4.06. The number of nitrogen functional groups attached to an aromatic ring is 1. The minimum absolute atomic E-state index is 0.111. The van der Waals surface area contributed by atoms with Crippen LogP contribution in [0, 0.1) is 5.41 Å². The summed E-state index contributed by atoms with van der Waals surface area (Å²) in [6, 6.07) is 0.